The number of ether oxygens (including phenoxy) is 5. The summed E-state index contributed by atoms with van der Waals surface area (Å²) in [6.45, 7) is -2.96. The molecule has 3 heterocycles. The minimum Gasteiger partial charge on any atom is -0.394 e. The molecule has 15 atom stereocenters. The molecule has 0 aromatic heterocycles. The summed E-state index contributed by atoms with van der Waals surface area (Å²) in [5.74, 6) is -3.42. The van der Waals surface area contributed by atoms with Crippen LogP contribution in [0.15, 0.2) is 0 Å². The maximum absolute atomic E-state index is 11.9. The molecule has 11 N–H and O–H groups in total. The van der Waals surface area contributed by atoms with Gasteiger partial charge in [-0.25, -0.2) is 0 Å². The monoisotopic (exact) mass is 549 g/mol. The molecule has 0 amide bonds. The van der Waals surface area contributed by atoms with Crippen molar-refractivity contribution in [1.82, 2.24) is 0 Å². The first-order valence-electron chi connectivity index (χ1n) is 11.1. The van der Waals surface area contributed by atoms with Crippen LogP contribution in [0.1, 0.15) is 0 Å². The van der Waals surface area contributed by atoms with Crippen LogP contribution in [0.5, 0.6) is 0 Å². The van der Waals surface area contributed by atoms with Gasteiger partial charge in [-0.3, -0.25) is 19.6 Å². The highest BCUT2D eigenvalue weighted by Gasteiger charge is 2.67. The van der Waals surface area contributed by atoms with Crippen LogP contribution in [-0.4, -0.2) is 173 Å². The number of hydrogen-bond acceptors (Lipinski definition) is 18. The Kier molecular flexibility index (Phi) is 9.73. The molecule has 0 radical (unpaired) electrons. The van der Waals surface area contributed by atoms with Gasteiger partial charge in [-0.15, -0.1) is 0 Å². The van der Waals surface area contributed by atoms with E-state index in [-0.39, 0.29) is 0 Å². The highest BCUT2D eigenvalue weighted by Crippen LogP contribution is 2.37. The average molecular weight is 549 g/mol. The van der Waals surface area contributed by atoms with Gasteiger partial charge in [0.05, 0.1) is 24.7 Å². The minimum atomic E-state index is -3.42. The molecule has 0 aliphatic carbocycles. The molecule has 0 bridgehead atoms. The zero-order valence-corrected chi connectivity index (χ0v) is 18.9. The van der Waals surface area contributed by atoms with Gasteiger partial charge < -0.3 is 70.4 Å². The lowest BCUT2D eigenvalue weighted by Crippen LogP contribution is -2.72. The zero-order valence-electron chi connectivity index (χ0n) is 18.9. The molecule has 216 valence electrons. The fourth-order valence-electron chi connectivity index (χ4n) is 4.31. The summed E-state index contributed by atoms with van der Waals surface area (Å²) in [7, 11) is 0. The van der Waals surface area contributed by atoms with Crippen molar-refractivity contribution < 1.29 is 84.8 Å². The van der Waals surface area contributed by atoms with E-state index < -0.39 is 116 Å². The first-order valence-corrected chi connectivity index (χ1v) is 11.1. The van der Waals surface area contributed by atoms with Gasteiger partial charge >= 0.3 is 5.91 Å². The van der Waals surface area contributed by atoms with Gasteiger partial charge in [-0.2, -0.15) is 0 Å². The molecule has 19 heteroatoms. The van der Waals surface area contributed by atoms with Crippen LogP contribution < -0.4 is 0 Å². The van der Waals surface area contributed by atoms with Gasteiger partial charge in [-0.1, -0.05) is 0 Å². The molecule has 3 saturated heterocycles. The molecule has 19 nitrogen and oxygen atoms in total. The molecule has 2 unspecified atom stereocenters. The van der Waals surface area contributed by atoms with Gasteiger partial charge in [0.25, 0.3) is 0 Å². The van der Waals surface area contributed by atoms with Crippen molar-refractivity contribution in [2.75, 3.05) is 19.8 Å². The van der Waals surface area contributed by atoms with Crippen molar-refractivity contribution in [3.63, 3.8) is 0 Å². The van der Waals surface area contributed by atoms with Crippen LogP contribution in [0.3, 0.4) is 0 Å². The fraction of sp³-hybridized carbons (Fsp3) is 1.00. The Balaban J connectivity index is 1.84. The van der Waals surface area contributed by atoms with Crippen molar-refractivity contribution in [2.45, 2.75) is 91.7 Å². The van der Waals surface area contributed by atoms with E-state index in [4.69, 9.17) is 23.7 Å². The third kappa shape index (κ3) is 5.45. The summed E-state index contributed by atoms with van der Waals surface area (Å²) in [5.41, 5.74) is 0. The van der Waals surface area contributed by atoms with Crippen molar-refractivity contribution >= 4 is 0 Å². The van der Waals surface area contributed by atoms with Crippen molar-refractivity contribution in [3.8, 4) is 0 Å². The maximum atomic E-state index is 11.9. The topological polar surface area (TPSA) is 312 Å². The highest BCUT2D eigenvalue weighted by molar-refractivity contribution is 4.97. The smallest absolute Gasteiger partial charge is 0.394 e. The summed E-state index contributed by atoms with van der Waals surface area (Å²) >= 11 is 0. The number of aliphatic hydroxyl groups excluding tert-OH is 11. The number of aliphatic hydroxyl groups is 11. The highest BCUT2D eigenvalue weighted by atomic mass is 16.8. The van der Waals surface area contributed by atoms with Crippen LogP contribution in [0.25, 0.3) is 0 Å². The summed E-state index contributed by atoms with van der Waals surface area (Å²) < 4.78 is 25.7. The predicted octanol–water partition coefficient (Wildman–Crippen LogP) is -7.97. The maximum Gasteiger partial charge on any atom is 0.472 e. The summed E-state index contributed by atoms with van der Waals surface area (Å²) in [5, 5.41) is 122. The molecule has 0 aromatic rings. The SMILES string of the molecule is O=[N+]([O-])C1(O[C@H]2[C@H](O)[C@@H](O)C(O[C@H]3[C@H](O)[C@@H](O)[C@@H](O)O[C@@H]3CO)O[C@@H]2CO)O[C@H](CO)[C@@H](O)[C@H](O)[C@H]1O. The summed E-state index contributed by atoms with van der Waals surface area (Å²) in [6, 6.07) is 0. The van der Waals surface area contributed by atoms with Crippen molar-refractivity contribution in [3.05, 3.63) is 10.1 Å². The van der Waals surface area contributed by atoms with Gasteiger partial charge in [0.1, 0.15) is 67.1 Å². The molecule has 3 rings (SSSR count). The van der Waals surface area contributed by atoms with E-state index in [0.29, 0.717) is 0 Å². The molecule has 3 aliphatic rings. The Morgan fingerprint density at radius 1 is 0.703 bits per heavy atom. The summed E-state index contributed by atoms with van der Waals surface area (Å²) in [6.07, 6.45) is -27.6. The lowest BCUT2D eigenvalue weighted by Gasteiger charge is -2.48. The van der Waals surface area contributed by atoms with E-state index in [9.17, 15) is 66.3 Å². The molecule has 0 saturated carbocycles. The van der Waals surface area contributed by atoms with Gasteiger partial charge in [0, 0.05) is 0 Å². The van der Waals surface area contributed by atoms with Gasteiger partial charge in [0.2, 0.25) is 6.10 Å². The fourth-order valence-corrected chi connectivity index (χ4v) is 4.31. The van der Waals surface area contributed by atoms with Crippen LogP contribution in [0, 0.1) is 10.1 Å². The Labute approximate surface area is 207 Å². The Morgan fingerprint density at radius 3 is 1.78 bits per heavy atom. The number of nitrogens with zero attached hydrogens (tertiary/aromatic N) is 1. The van der Waals surface area contributed by atoms with Crippen LogP contribution >= 0.6 is 0 Å². The first-order chi connectivity index (χ1) is 17.3. The Morgan fingerprint density at radius 2 is 1.24 bits per heavy atom. The largest absolute Gasteiger partial charge is 0.472 e. The minimum absolute atomic E-state index is 0.840. The lowest BCUT2D eigenvalue weighted by molar-refractivity contribution is -0.725. The van der Waals surface area contributed by atoms with E-state index in [1.807, 2.05) is 0 Å². The normalized spacial score (nSPS) is 51.1. The average Bonchev–Trinajstić information content (AvgIpc) is 2.88. The van der Waals surface area contributed by atoms with E-state index in [0.717, 1.165) is 0 Å². The number of hydrogen-bond donors (Lipinski definition) is 11. The Hall–Kier alpha value is -1.24. The van der Waals surface area contributed by atoms with Crippen LogP contribution in [0.2, 0.25) is 0 Å². The first kappa shape index (κ1) is 30.3. The van der Waals surface area contributed by atoms with Gasteiger partial charge in [-0.05, 0) is 0 Å². The Bertz CT molecular complexity index is 771. The second-order valence-electron chi connectivity index (χ2n) is 8.77. The van der Waals surface area contributed by atoms with E-state index >= 15 is 0 Å². The third-order valence-electron chi connectivity index (χ3n) is 6.44. The van der Waals surface area contributed by atoms with E-state index in [2.05, 4.69) is 0 Å². The van der Waals surface area contributed by atoms with Crippen LogP contribution in [-0.2, 0) is 23.7 Å². The van der Waals surface area contributed by atoms with Crippen LogP contribution in [0.4, 0.5) is 0 Å². The van der Waals surface area contributed by atoms with Crippen molar-refractivity contribution in [1.29, 1.82) is 0 Å². The molecule has 3 fully saturated rings. The molecule has 37 heavy (non-hydrogen) atoms. The van der Waals surface area contributed by atoms with Crippen molar-refractivity contribution in [2.24, 2.45) is 0 Å². The van der Waals surface area contributed by atoms with Gasteiger partial charge in [0.15, 0.2) is 12.6 Å². The lowest BCUT2D eigenvalue weighted by atomic mass is 9.94. The van der Waals surface area contributed by atoms with E-state index in [1.54, 1.807) is 0 Å². The molecular weight excluding hydrogens is 518 g/mol. The number of nitro groups is 1. The number of rotatable bonds is 8. The predicted molar refractivity (Wildman–Crippen MR) is 107 cm³/mol. The molecule has 0 aromatic carbocycles. The zero-order chi connectivity index (χ0) is 27.8. The quantitative estimate of drug-likeness (QED) is 0.0760. The third-order valence-corrected chi connectivity index (χ3v) is 6.44. The standard InChI is InChI=1S/C18H31NO18/c20-1-4-7(23)10(26)15(29)18(36-4,19(31)32)37-14-6(3-22)34-17(12(28)9(14)25)35-13-5(2-21)33-16(30)11(27)8(13)24/h4-17,20-30H,1-3H2/t4-,5-,6-,7-,8-,9-,10+,11-,12-,13-,14-,15-,16+,17?,18?/m1/s1. The molecule has 0 spiro atoms. The second-order valence-corrected chi connectivity index (χ2v) is 8.77. The van der Waals surface area contributed by atoms with E-state index in [1.165, 1.54) is 0 Å². The second kappa shape index (κ2) is 11.9. The summed E-state index contributed by atoms with van der Waals surface area (Å²) in [4.78, 5) is 10.5. The molecular formula is C18H31NO18. The molecule has 3 aliphatic heterocycles.